The first-order chi connectivity index (χ1) is 1.00. The molecule has 0 atom stereocenters. The van der Waals surface area contributed by atoms with Crippen molar-refractivity contribution in [3.8, 4) is 0 Å². The topological polar surface area (TPSA) is 0 Å². The first-order valence-corrected chi connectivity index (χ1v) is 7.61. The van der Waals surface area contributed by atoms with Gasteiger partial charge in [0.25, 0.3) is 0 Å². The second kappa shape index (κ2) is 16.2. The molecule has 0 spiro atoms. The van der Waals surface area contributed by atoms with Crippen molar-refractivity contribution in [1.29, 1.82) is 0 Å². The van der Waals surface area contributed by atoms with Crippen molar-refractivity contribution in [2.24, 2.45) is 0 Å². The summed E-state index contributed by atoms with van der Waals surface area (Å²) in [7, 11) is 2.49. The van der Waals surface area contributed by atoms with Crippen molar-refractivity contribution >= 4 is 0 Å². The molecule has 0 aromatic rings. The SMILES string of the molecule is [Pd].[Pt].[Ru][Ce]. The van der Waals surface area contributed by atoms with Gasteiger partial charge in [-0.1, -0.05) is 0 Å². The van der Waals surface area contributed by atoms with Gasteiger partial charge >= 0.3 is 46.3 Å². The third-order valence-corrected chi connectivity index (χ3v) is 0. The normalized spacial score (nSPS) is 1.00. The summed E-state index contributed by atoms with van der Waals surface area (Å²) in [5.74, 6) is 0. The average Bonchev–Trinajstić information content (AvgIpc) is 1.00. The first-order valence-electron chi connectivity index (χ1n) is 0.177. The van der Waals surface area contributed by atoms with Gasteiger partial charge in [-0.05, 0) is 0 Å². The molecule has 0 unspecified atom stereocenters. The molecule has 0 radical (unpaired) electrons. The Labute approximate surface area is 85.4 Å². The van der Waals surface area contributed by atoms with E-state index >= 15 is 0 Å². The van der Waals surface area contributed by atoms with E-state index in [1.165, 1.54) is 35.7 Å². The molecular weight excluding hydrogens is 543 g/mol. The predicted molar refractivity (Wildman–Crippen MR) is 0 cm³/mol. The Morgan fingerprint density at radius 2 is 1.25 bits per heavy atom. The first kappa shape index (κ1) is 15.7. The molecule has 4 heavy (non-hydrogen) atoms. The van der Waals surface area contributed by atoms with Gasteiger partial charge in [0, 0.05) is 41.5 Å². The minimum absolute atomic E-state index is 0. The standard InChI is InChI=1S/Ce.Pd.Pt.Ru. The van der Waals surface area contributed by atoms with Crippen LogP contribution in [-0.4, -0.2) is 0 Å². The third-order valence-electron chi connectivity index (χ3n) is 0. The molecule has 0 heterocycles. The van der Waals surface area contributed by atoms with E-state index in [1.54, 1.807) is 0 Å². The molecule has 0 aliphatic rings. The van der Waals surface area contributed by atoms with Gasteiger partial charge in [-0.2, -0.15) is 0 Å². The van der Waals surface area contributed by atoms with Gasteiger partial charge in [0.15, 0.2) is 0 Å². The van der Waals surface area contributed by atoms with Crippen LogP contribution in [0.2, 0.25) is 0 Å². The van der Waals surface area contributed by atoms with E-state index in [2.05, 4.69) is 10.6 Å². The Morgan fingerprint density at radius 1 is 1.25 bits per heavy atom. The molecule has 0 aliphatic carbocycles. The second-order valence-corrected chi connectivity index (χ2v) is 0. The Hall–Kier alpha value is 3.35. The molecule has 0 amide bonds. The summed E-state index contributed by atoms with van der Waals surface area (Å²) >= 11 is 1.24. The monoisotopic (exact) mass is 543 g/mol. The molecule has 4 heteroatoms. The van der Waals surface area contributed by atoms with Crippen molar-refractivity contribution in [2.45, 2.75) is 0 Å². The molecule has 0 N–H and O–H groups in total. The zero-order chi connectivity index (χ0) is 2.00. The number of rotatable bonds is 0. The maximum atomic E-state index is 2.49. The predicted octanol–water partition coefficient (Wildman–Crippen LogP) is -0.00750. The zero-order valence-corrected chi connectivity index (χ0v) is 10.2. The fraction of sp³-hybridized carbons (Fsp3) is 0. The summed E-state index contributed by atoms with van der Waals surface area (Å²) in [6.45, 7) is 0. The van der Waals surface area contributed by atoms with Crippen LogP contribution in [0, 0.1) is 35.7 Å². The van der Waals surface area contributed by atoms with Crippen molar-refractivity contribution in [2.75, 3.05) is 0 Å². The van der Waals surface area contributed by atoms with Gasteiger partial charge in [-0.15, -0.1) is 0 Å². The molecule has 0 saturated heterocycles. The van der Waals surface area contributed by atoms with E-state index in [9.17, 15) is 0 Å². The molecule has 32 valence electrons. The Kier molecular flexibility index (Phi) is 63.4. The van der Waals surface area contributed by atoms with Crippen molar-refractivity contribution in [3.05, 3.63) is 0 Å². The summed E-state index contributed by atoms with van der Waals surface area (Å²) < 4.78 is 0. The van der Waals surface area contributed by atoms with Crippen LogP contribution in [0.5, 0.6) is 0 Å². The molecule has 0 fully saturated rings. The molecule has 0 rings (SSSR count). The van der Waals surface area contributed by atoms with E-state index in [0.717, 1.165) is 0 Å². The van der Waals surface area contributed by atoms with Gasteiger partial charge < -0.3 is 0 Å². The number of hydrogen-bond acceptors (Lipinski definition) is 0. The minimum atomic E-state index is 0. The van der Waals surface area contributed by atoms with Crippen LogP contribution in [-0.2, 0) is 52.1 Å². The van der Waals surface area contributed by atoms with Crippen molar-refractivity contribution in [3.63, 3.8) is 0 Å². The van der Waals surface area contributed by atoms with Crippen molar-refractivity contribution < 1.29 is 87.8 Å². The molecular formula is CePdPtRu. The molecule has 0 saturated carbocycles. The van der Waals surface area contributed by atoms with Gasteiger partial charge in [-0.25, -0.2) is 0 Å². The Morgan fingerprint density at radius 3 is 1.25 bits per heavy atom. The number of hydrogen-bond donors (Lipinski definition) is 0. The molecule has 0 aromatic heterocycles. The van der Waals surface area contributed by atoms with E-state index in [1.807, 2.05) is 0 Å². The maximum absolute atomic E-state index is 2.49. The molecule has 0 nitrogen and oxygen atoms in total. The van der Waals surface area contributed by atoms with Gasteiger partial charge in [-0.3, -0.25) is 0 Å². The third kappa shape index (κ3) is 9.02. The summed E-state index contributed by atoms with van der Waals surface area (Å²) in [4.78, 5) is 0. The molecule has 0 aromatic carbocycles. The van der Waals surface area contributed by atoms with Crippen LogP contribution >= 0.6 is 0 Å². The summed E-state index contributed by atoms with van der Waals surface area (Å²) in [5, 5.41) is 0. The van der Waals surface area contributed by atoms with Crippen LogP contribution in [0.1, 0.15) is 0 Å². The van der Waals surface area contributed by atoms with E-state index in [-0.39, 0.29) is 41.5 Å². The van der Waals surface area contributed by atoms with Crippen LogP contribution in [0.25, 0.3) is 0 Å². The summed E-state index contributed by atoms with van der Waals surface area (Å²) in [5.41, 5.74) is 0. The van der Waals surface area contributed by atoms with Crippen molar-refractivity contribution in [1.82, 2.24) is 0 Å². The van der Waals surface area contributed by atoms with Gasteiger partial charge in [0.2, 0.25) is 0 Å². The summed E-state index contributed by atoms with van der Waals surface area (Å²) in [6.07, 6.45) is 0. The molecule has 0 aliphatic heterocycles. The fourth-order valence-electron chi connectivity index (χ4n) is 0. The summed E-state index contributed by atoms with van der Waals surface area (Å²) in [6, 6.07) is 0. The van der Waals surface area contributed by atoms with E-state index in [0.29, 0.717) is 0 Å². The van der Waals surface area contributed by atoms with Crippen LogP contribution in [0.4, 0.5) is 0 Å². The van der Waals surface area contributed by atoms with Crippen LogP contribution < -0.4 is 0 Å². The zero-order valence-electron chi connectivity index (χ0n) is 1.49. The Balaban J connectivity index is -0.00000000500. The van der Waals surface area contributed by atoms with E-state index < -0.39 is 0 Å². The van der Waals surface area contributed by atoms with Crippen LogP contribution in [0.15, 0.2) is 0 Å². The fourth-order valence-corrected chi connectivity index (χ4v) is 0. The van der Waals surface area contributed by atoms with Crippen LogP contribution in [0.3, 0.4) is 0 Å². The second-order valence-electron chi connectivity index (χ2n) is 0. The quantitative estimate of drug-likeness (QED) is 0.378. The Bertz CT molecular complexity index is 8.00. The molecule has 0 bridgehead atoms. The van der Waals surface area contributed by atoms with Gasteiger partial charge in [0.1, 0.15) is 0 Å². The van der Waals surface area contributed by atoms with Gasteiger partial charge in [0.05, 0.1) is 0 Å². The van der Waals surface area contributed by atoms with E-state index in [4.69, 9.17) is 0 Å². The average molecular weight is 543 g/mol.